The van der Waals surface area contributed by atoms with Crippen LogP contribution in [0.3, 0.4) is 0 Å². The smallest absolute Gasteiger partial charge is 0.226 e. The zero-order valence-electron chi connectivity index (χ0n) is 13.1. The van der Waals surface area contributed by atoms with E-state index in [1.54, 1.807) is 0 Å². The lowest BCUT2D eigenvalue weighted by Gasteiger charge is -2.33. The molecule has 0 spiro atoms. The van der Waals surface area contributed by atoms with Gasteiger partial charge >= 0.3 is 0 Å². The predicted octanol–water partition coefficient (Wildman–Crippen LogP) is 3.21. The van der Waals surface area contributed by atoms with Crippen LogP contribution < -0.4 is 0 Å². The molecule has 3 nitrogen and oxygen atoms in total. The highest BCUT2D eigenvalue weighted by molar-refractivity contribution is 5.79. The van der Waals surface area contributed by atoms with E-state index in [2.05, 4.69) is 27.7 Å². The molecule has 0 bridgehead atoms. The Hall–Kier alpha value is -0.570. The van der Waals surface area contributed by atoms with Gasteiger partial charge in [-0.3, -0.25) is 4.79 Å². The molecule has 3 heteroatoms. The summed E-state index contributed by atoms with van der Waals surface area (Å²) in [6.45, 7) is 9.92. The topological polar surface area (TPSA) is 40.5 Å². The highest BCUT2D eigenvalue weighted by atomic mass is 16.3. The van der Waals surface area contributed by atoms with Gasteiger partial charge in [-0.25, -0.2) is 0 Å². The van der Waals surface area contributed by atoms with Gasteiger partial charge in [0.05, 0.1) is 6.10 Å². The Morgan fingerprint density at radius 2 is 2.00 bits per heavy atom. The average Bonchev–Trinajstić information content (AvgIpc) is 2.73. The highest BCUT2D eigenvalue weighted by Gasteiger charge is 2.36. The number of β-amino-alcohol motifs (C(OH)–C–C–N with tert-alkyl or cyclic N) is 1. The number of amides is 1. The monoisotopic (exact) mass is 269 g/mol. The Morgan fingerprint density at radius 3 is 2.47 bits per heavy atom. The Bertz CT molecular complexity index is 283. The van der Waals surface area contributed by atoms with E-state index < -0.39 is 0 Å². The van der Waals surface area contributed by atoms with Crippen molar-refractivity contribution < 1.29 is 9.90 Å². The van der Waals surface area contributed by atoms with Crippen LogP contribution in [0.2, 0.25) is 0 Å². The molecule has 0 saturated carbocycles. The molecular formula is C16H31NO2. The van der Waals surface area contributed by atoms with Gasteiger partial charge in [0.2, 0.25) is 5.91 Å². The van der Waals surface area contributed by atoms with E-state index in [1.165, 1.54) is 19.3 Å². The quantitative estimate of drug-likeness (QED) is 0.752. The highest BCUT2D eigenvalue weighted by Crippen LogP contribution is 2.33. The second kappa shape index (κ2) is 7.28. The summed E-state index contributed by atoms with van der Waals surface area (Å²) in [7, 11) is 0. The van der Waals surface area contributed by atoms with Gasteiger partial charge in [-0.15, -0.1) is 0 Å². The van der Waals surface area contributed by atoms with Gasteiger partial charge in [-0.2, -0.15) is 0 Å². The third kappa shape index (κ3) is 5.13. The first-order valence-corrected chi connectivity index (χ1v) is 7.83. The Balaban J connectivity index is 2.56. The van der Waals surface area contributed by atoms with Crippen molar-refractivity contribution >= 4 is 5.91 Å². The maximum absolute atomic E-state index is 12.6. The number of aliphatic hydroxyl groups is 1. The number of carbonyl (C=O) groups is 1. The lowest BCUT2D eigenvalue weighted by Crippen LogP contribution is -2.40. The normalized spacial score (nSPS) is 21.7. The largest absolute Gasteiger partial charge is 0.391 e. The second-order valence-corrected chi connectivity index (χ2v) is 6.99. The molecule has 1 N–H and O–H groups in total. The molecule has 1 fully saturated rings. The fraction of sp³-hybridized carbons (Fsp3) is 0.938. The van der Waals surface area contributed by atoms with Crippen molar-refractivity contribution in [1.82, 2.24) is 4.90 Å². The van der Waals surface area contributed by atoms with Crippen molar-refractivity contribution in [3.8, 4) is 0 Å². The minimum absolute atomic E-state index is 0.0108. The summed E-state index contributed by atoms with van der Waals surface area (Å²) < 4.78 is 0. The average molecular weight is 269 g/mol. The van der Waals surface area contributed by atoms with Crippen molar-refractivity contribution in [3.63, 3.8) is 0 Å². The lowest BCUT2D eigenvalue weighted by molar-refractivity contribution is -0.138. The number of hydrogen-bond donors (Lipinski definition) is 1. The summed E-state index contributed by atoms with van der Waals surface area (Å²) in [6, 6.07) is 0. The Labute approximate surface area is 118 Å². The third-order valence-electron chi connectivity index (χ3n) is 4.16. The minimum Gasteiger partial charge on any atom is -0.391 e. The first kappa shape index (κ1) is 16.5. The molecule has 2 unspecified atom stereocenters. The molecule has 0 aromatic heterocycles. The number of nitrogens with zero attached hydrogens (tertiary/aromatic N) is 1. The number of unbranched alkanes of at least 4 members (excludes halogenated alkanes) is 3. The van der Waals surface area contributed by atoms with Crippen LogP contribution in [-0.2, 0) is 4.79 Å². The molecule has 19 heavy (non-hydrogen) atoms. The van der Waals surface area contributed by atoms with Crippen LogP contribution in [0.1, 0.15) is 66.2 Å². The maximum atomic E-state index is 12.6. The van der Waals surface area contributed by atoms with Gasteiger partial charge in [0, 0.05) is 19.0 Å². The predicted molar refractivity (Wildman–Crippen MR) is 78.9 cm³/mol. The molecule has 1 saturated heterocycles. The first-order valence-electron chi connectivity index (χ1n) is 7.83. The number of carbonyl (C=O) groups excluding carboxylic acids is 1. The van der Waals surface area contributed by atoms with E-state index in [4.69, 9.17) is 0 Å². The summed E-state index contributed by atoms with van der Waals surface area (Å²) >= 11 is 0. The zero-order valence-corrected chi connectivity index (χ0v) is 13.1. The number of likely N-dealkylation sites (tertiary alicyclic amines) is 1. The lowest BCUT2D eigenvalue weighted by atomic mass is 9.77. The van der Waals surface area contributed by atoms with Gasteiger partial charge in [0.25, 0.3) is 0 Å². The molecule has 1 amide bonds. The number of rotatable bonds is 6. The summed E-state index contributed by atoms with van der Waals surface area (Å²) in [4.78, 5) is 14.5. The number of hydrogen-bond acceptors (Lipinski definition) is 2. The van der Waals surface area contributed by atoms with Crippen LogP contribution in [0.4, 0.5) is 0 Å². The van der Waals surface area contributed by atoms with E-state index in [0.29, 0.717) is 6.54 Å². The SMILES string of the molecule is CCCCCCC(C(=O)N1CCC(O)C1)C(C)(C)C. The van der Waals surface area contributed by atoms with Crippen molar-refractivity contribution in [2.45, 2.75) is 72.3 Å². The molecule has 0 radical (unpaired) electrons. The molecule has 2 atom stereocenters. The van der Waals surface area contributed by atoms with Gasteiger partial charge < -0.3 is 10.0 Å². The minimum atomic E-state index is -0.315. The van der Waals surface area contributed by atoms with Gasteiger partial charge in [0.15, 0.2) is 0 Å². The van der Waals surface area contributed by atoms with Crippen molar-refractivity contribution in [2.75, 3.05) is 13.1 Å². The summed E-state index contributed by atoms with van der Waals surface area (Å²) in [5.74, 6) is 0.343. The third-order valence-corrected chi connectivity index (χ3v) is 4.16. The van der Waals surface area contributed by atoms with E-state index >= 15 is 0 Å². The van der Waals surface area contributed by atoms with Crippen molar-refractivity contribution in [3.05, 3.63) is 0 Å². The van der Waals surface area contributed by atoms with E-state index in [-0.39, 0.29) is 23.3 Å². The van der Waals surface area contributed by atoms with E-state index in [1.807, 2.05) is 4.90 Å². The molecule has 0 aromatic carbocycles. The van der Waals surface area contributed by atoms with Gasteiger partial charge in [0.1, 0.15) is 0 Å². The first-order chi connectivity index (χ1) is 8.86. The Morgan fingerprint density at radius 1 is 1.32 bits per heavy atom. The fourth-order valence-corrected chi connectivity index (χ4v) is 2.86. The molecule has 1 aliphatic heterocycles. The molecule has 0 aromatic rings. The summed E-state index contributed by atoms with van der Waals surface area (Å²) in [5, 5.41) is 9.59. The molecule has 1 rings (SSSR count). The van der Waals surface area contributed by atoms with Crippen LogP contribution in [0, 0.1) is 11.3 Å². The van der Waals surface area contributed by atoms with E-state index in [9.17, 15) is 9.90 Å². The molecule has 112 valence electrons. The van der Waals surface area contributed by atoms with Crippen LogP contribution in [0.5, 0.6) is 0 Å². The molecule has 1 heterocycles. The van der Waals surface area contributed by atoms with Crippen molar-refractivity contribution in [1.29, 1.82) is 0 Å². The van der Waals surface area contributed by atoms with E-state index in [0.717, 1.165) is 25.8 Å². The maximum Gasteiger partial charge on any atom is 0.226 e. The van der Waals surface area contributed by atoms with Gasteiger partial charge in [-0.1, -0.05) is 53.4 Å². The molecule has 0 aliphatic carbocycles. The van der Waals surface area contributed by atoms with Crippen LogP contribution in [-0.4, -0.2) is 35.1 Å². The van der Waals surface area contributed by atoms with Crippen LogP contribution in [0.25, 0.3) is 0 Å². The fourth-order valence-electron chi connectivity index (χ4n) is 2.86. The molecular weight excluding hydrogens is 238 g/mol. The van der Waals surface area contributed by atoms with Gasteiger partial charge in [-0.05, 0) is 18.3 Å². The van der Waals surface area contributed by atoms with Crippen molar-refractivity contribution in [2.24, 2.45) is 11.3 Å². The second-order valence-electron chi connectivity index (χ2n) is 6.99. The zero-order chi connectivity index (χ0) is 14.5. The summed E-state index contributed by atoms with van der Waals surface area (Å²) in [6.07, 6.45) is 6.24. The summed E-state index contributed by atoms with van der Waals surface area (Å²) in [5.41, 5.74) is 0.0108. The standard InChI is InChI=1S/C16H31NO2/c1-5-6-7-8-9-14(16(2,3)4)15(19)17-11-10-13(18)12-17/h13-14,18H,5-12H2,1-4H3. The molecule has 1 aliphatic rings. The number of aliphatic hydroxyl groups excluding tert-OH is 1. The van der Waals surface area contributed by atoms with Crippen LogP contribution in [0.15, 0.2) is 0 Å². The Kier molecular flexibility index (Phi) is 6.31. The van der Waals surface area contributed by atoms with Crippen LogP contribution >= 0.6 is 0 Å².